The maximum Gasteiger partial charge on any atom is 0.269 e. The van der Waals surface area contributed by atoms with E-state index in [1.165, 1.54) is 0 Å². The van der Waals surface area contributed by atoms with Gasteiger partial charge in [-0.1, -0.05) is 20.3 Å². The molecule has 5 heteroatoms. The van der Waals surface area contributed by atoms with E-state index in [2.05, 4.69) is 24.1 Å². The summed E-state index contributed by atoms with van der Waals surface area (Å²) in [4.78, 5) is 12.9. The molecule has 5 nitrogen and oxygen atoms in total. The number of nitrogens with zero attached hydrogens (tertiary/aromatic N) is 2. The average molecular weight is 279 g/mol. The topological polar surface area (TPSA) is 58.4 Å². The molecule has 20 heavy (non-hydrogen) atoms. The van der Waals surface area contributed by atoms with Crippen LogP contribution in [-0.4, -0.2) is 29.5 Å². The van der Waals surface area contributed by atoms with Crippen LogP contribution in [0.3, 0.4) is 0 Å². The van der Waals surface area contributed by atoms with Crippen LogP contribution in [0.2, 0.25) is 0 Å². The minimum atomic E-state index is -0.332. The van der Waals surface area contributed by atoms with Crippen LogP contribution < -0.4 is 5.32 Å². The van der Waals surface area contributed by atoms with Crippen molar-refractivity contribution in [2.75, 3.05) is 25.0 Å². The fourth-order valence-corrected chi connectivity index (χ4v) is 2.16. The van der Waals surface area contributed by atoms with Gasteiger partial charge in [0.2, 0.25) is 0 Å². The first-order chi connectivity index (χ1) is 9.62. The Kier molecular flexibility index (Phi) is 7.01. The summed E-state index contributed by atoms with van der Waals surface area (Å²) in [7, 11) is 0. The predicted octanol–water partition coefficient (Wildman–Crippen LogP) is 3.65. The maximum atomic E-state index is 10.9. The first-order valence-corrected chi connectivity index (χ1v) is 7.35. The van der Waals surface area contributed by atoms with E-state index in [1.807, 2.05) is 13.0 Å². The zero-order valence-electron chi connectivity index (χ0n) is 12.7. The van der Waals surface area contributed by atoms with Crippen LogP contribution in [0, 0.1) is 10.1 Å². The number of hydrogen-bond acceptors (Lipinski definition) is 4. The van der Waals surface area contributed by atoms with Crippen LogP contribution in [0.1, 0.15) is 39.2 Å². The Hall–Kier alpha value is -1.62. The monoisotopic (exact) mass is 279 g/mol. The van der Waals surface area contributed by atoms with Gasteiger partial charge < -0.3 is 5.32 Å². The van der Waals surface area contributed by atoms with Crippen LogP contribution in [0.5, 0.6) is 0 Å². The molecule has 0 spiro atoms. The normalized spacial score (nSPS) is 10.8. The Labute approximate surface area is 121 Å². The highest BCUT2D eigenvalue weighted by Crippen LogP contribution is 2.23. The number of anilines is 1. The Morgan fingerprint density at radius 3 is 2.60 bits per heavy atom. The molecule has 1 N–H and O–H groups in total. The van der Waals surface area contributed by atoms with Crippen LogP contribution in [0.15, 0.2) is 18.2 Å². The Morgan fingerprint density at radius 2 is 2.05 bits per heavy atom. The summed E-state index contributed by atoms with van der Waals surface area (Å²) in [6, 6.07) is 5.06. The van der Waals surface area contributed by atoms with Gasteiger partial charge in [-0.25, -0.2) is 0 Å². The molecule has 1 aromatic carbocycles. The lowest BCUT2D eigenvalue weighted by molar-refractivity contribution is -0.384. The molecule has 0 aliphatic carbocycles. The van der Waals surface area contributed by atoms with E-state index >= 15 is 0 Å². The predicted molar refractivity (Wildman–Crippen MR) is 83.1 cm³/mol. The van der Waals surface area contributed by atoms with Gasteiger partial charge >= 0.3 is 0 Å². The molecule has 0 saturated heterocycles. The van der Waals surface area contributed by atoms with E-state index in [0.717, 1.165) is 50.3 Å². The minimum Gasteiger partial charge on any atom is -0.385 e. The lowest BCUT2D eigenvalue weighted by atomic mass is 10.1. The lowest BCUT2D eigenvalue weighted by Gasteiger charge is -2.22. The fraction of sp³-hybridized carbons (Fsp3) is 0.600. The van der Waals surface area contributed by atoms with Crippen LogP contribution in [0.4, 0.5) is 11.4 Å². The van der Waals surface area contributed by atoms with Crippen LogP contribution in [-0.2, 0) is 6.54 Å². The van der Waals surface area contributed by atoms with Crippen molar-refractivity contribution in [2.24, 2.45) is 0 Å². The zero-order valence-corrected chi connectivity index (χ0v) is 12.7. The Balaban J connectivity index is 2.92. The van der Waals surface area contributed by atoms with Gasteiger partial charge in [-0.05, 0) is 38.1 Å². The van der Waals surface area contributed by atoms with Crippen molar-refractivity contribution in [3.63, 3.8) is 0 Å². The maximum absolute atomic E-state index is 10.9. The molecule has 0 heterocycles. The first kappa shape index (κ1) is 16.4. The van der Waals surface area contributed by atoms with Gasteiger partial charge in [0.25, 0.3) is 5.69 Å². The number of nitrogens with one attached hydrogen (secondary N) is 1. The summed E-state index contributed by atoms with van der Waals surface area (Å²) in [5, 5.41) is 14.2. The zero-order chi connectivity index (χ0) is 15.0. The van der Waals surface area contributed by atoms with Gasteiger partial charge in [-0.15, -0.1) is 0 Å². The smallest absolute Gasteiger partial charge is 0.269 e. The molecule has 0 aromatic heterocycles. The summed E-state index contributed by atoms with van der Waals surface area (Å²) in [5.41, 5.74) is 2.15. The summed E-state index contributed by atoms with van der Waals surface area (Å²) >= 11 is 0. The SMILES string of the molecule is CCCCN(CC)Cc1cc([N+](=O)[O-])ccc1NCC. The van der Waals surface area contributed by atoms with Crippen molar-refractivity contribution < 1.29 is 4.92 Å². The number of benzene rings is 1. The molecule has 0 atom stereocenters. The van der Waals surface area contributed by atoms with Crippen LogP contribution >= 0.6 is 0 Å². The van der Waals surface area contributed by atoms with Crippen molar-refractivity contribution in [2.45, 2.75) is 40.2 Å². The second kappa shape index (κ2) is 8.53. The van der Waals surface area contributed by atoms with Gasteiger partial charge in [0, 0.05) is 30.9 Å². The fourth-order valence-electron chi connectivity index (χ4n) is 2.16. The first-order valence-electron chi connectivity index (χ1n) is 7.35. The molecular formula is C15H25N3O2. The third-order valence-corrected chi connectivity index (χ3v) is 3.34. The average Bonchev–Trinajstić information content (AvgIpc) is 2.44. The van der Waals surface area contributed by atoms with Crippen molar-refractivity contribution in [1.82, 2.24) is 4.90 Å². The molecule has 1 rings (SSSR count). The molecule has 0 aliphatic rings. The molecule has 0 bridgehead atoms. The summed E-state index contributed by atoms with van der Waals surface area (Å²) in [6.45, 7) is 9.87. The number of rotatable bonds is 9. The second-order valence-electron chi connectivity index (χ2n) is 4.85. The molecule has 0 aliphatic heterocycles. The third-order valence-electron chi connectivity index (χ3n) is 3.34. The molecule has 0 radical (unpaired) electrons. The van der Waals surface area contributed by atoms with Gasteiger partial charge in [0.15, 0.2) is 0 Å². The molecular weight excluding hydrogens is 254 g/mol. The molecule has 0 amide bonds. The lowest BCUT2D eigenvalue weighted by Crippen LogP contribution is -2.24. The highest BCUT2D eigenvalue weighted by atomic mass is 16.6. The quantitative estimate of drug-likeness (QED) is 0.553. The number of nitro benzene ring substituents is 1. The standard InChI is InChI=1S/C15H25N3O2/c1-4-7-10-17(6-3)12-13-11-14(18(19)20)8-9-15(13)16-5-2/h8-9,11,16H,4-7,10,12H2,1-3H3. The summed E-state index contributed by atoms with van der Waals surface area (Å²) < 4.78 is 0. The van der Waals surface area contributed by atoms with E-state index in [0.29, 0.717) is 0 Å². The van der Waals surface area contributed by atoms with Gasteiger partial charge in [-0.3, -0.25) is 15.0 Å². The minimum absolute atomic E-state index is 0.160. The Bertz CT molecular complexity index is 435. The van der Waals surface area contributed by atoms with Gasteiger partial charge in [-0.2, -0.15) is 0 Å². The van der Waals surface area contributed by atoms with E-state index in [9.17, 15) is 10.1 Å². The summed E-state index contributed by atoms with van der Waals surface area (Å²) in [6.07, 6.45) is 2.31. The van der Waals surface area contributed by atoms with Crippen molar-refractivity contribution in [3.05, 3.63) is 33.9 Å². The number of unbranched alkanes of at least 4 members (excludes halogenated alkanes) is 1. The highest BCUT2D eigenvalue weighted by Gasteiger charge is 2.13. The Morgan fingerprint density at radius 1 is 1.30 bits per heavy atom. The number of nitro groups is 1. The van der Waals surface area contributed by atoms with Crippen molar-refractivity contribution >= 4 is 11.4 Å². The number of non-ortho nitro benzene ring substituents is 1. The molecule has 112 valence electrons. The molecule has 0 unspecified atom stereocenters. The van der Waals surface area contributed by atoms with Crippen molar-refractivity contribution in [3.8, 4) is 0 Å². The van der Waals surface area contributed by atoms with Crippen molar-refractivity contribution in [1.29, 1.82) is 0 Å². The number of hydrogen-bond donors (Lipinski definition) is 1. The third kappa shape index (κ3) is 4.81. The highest BCUT2D eigenvalue weighted by molar-refractivity contribution is 5.56. The molecule has 0 fully saturated rings. The van der Waals surface area contributed by atoms with E-state index in [4.69, 9.17) is 0 Å². The molecule has 0 saturated carbocycles. The van der Waals surface area contributed by atoms with Gasteiger partial charge in [0.05, 0.1) is 4.92 Å². The van der Waals surface area contributed by atoms with E-state index in [-0.39, 0.29) is 10.6 Å². The second-order valence-corrected chi connectivity index (χ2v) is 4.85. The van der Waals surface area contributed by atoms with Gasteiger partial charge in [0.1, 0.15) is 0 Å². The van der Waals surface area contributed by atoms with E-state index < -0.39 is 0 Å². The largest absolute Gasteiger partial charge is 0.385 e. The van der Waals surface area contributed by atoms with E-state index in [1.54, 1.807) is 12.1 Å². The summed E-state index contributed by atoms with van der Waals surface area (Å²) in [5.74, 6) is 0. The molecule has 1 aromatic rings. The van der Waals surface area contributed by atoms with Crippen LogP contribution in [0.25, 0.3) is 0 Å².